The standard InChI is InChI=1S/C13H11ClFN5/c1-7(8-4-2-3-5-9(8)15)18-12-10-11(17-6-16-10)19-13(14)20-12/h2-7H,1H3,(H2,16,17,18,19,20). The minimum absolute atomic E-state index is 0.0906. The second-order valence-electron chi connectivity index (χ2n) is 4.33. The van der Waals surface area contributed by atoms with Gasteiger partial charge in [-0.1, -0.05) is 18.2 Å². The zero-order valence-electron chi connectivity index (χ0n) is 10.6. The number of imidazole rings is 1. The summed E-state index contributed by atoms with van der Waals surface area (Å²) in [6.07, 6.45) is 1.51. The van der Waals surface area contributed by atoms with Gasteiger partial charge in [-0.2, -0.15) is 9.97 Å². The van der Waals surface area contributed by atoms with E-state index in [1.807, 2.05) is 6.92 Å². The van der Waals surface area contributed by atoms with E-state index >= 15 is 0 Å². The van der Waals surface area contributed by atoms with Crippen molar-refractivity contribution in [2.24, 2.45) is 0 Å². The summed E-state index contributed by atoms with van der Waals surface area (Å²) >= 11 is 5.85. The van der Waals surface area contributed by atoms with Crippen molar-refractivity contribution >= 4 is 28.6 Å². The second-order valence-corrected chi connectivity index (χ2v) is 4.67. The molecule has 2 aromatic heterocycles. The molecule has 7 heteroatoms. The number of benzene rings is 1. The van der Waals surface area contributed by atoms with Gasteiger partial charge < -0.3 is 10.3 Å². The molecule has 0 radical (unpaired) electrons. The number of rotatable bonds is 3. The van der Waals surface area contributed by atoms with Crippen molar-refractivity contribution in [3.05, 3.63) is 47.3 Å². The third-order valence-corrected chi connectivity index (χ3v) is 3.15. The van der Waals surface area contributed by atoms with Crippen molar-refractivity contribution in [2.75, 3.05) is 5.32 Å². The topological polar surface area (TPSA) is 66.5 Å². The Kier molecular flexibility index (Phi) is 3.23. The Morgan fingerprint density at radius 1 is 1.30 bits per heavy atom. The van der Waals surface area contributed by atoms with Gasteiger partial charge in [-0.15, -0.1) is 0 Å². The molecule has 102 valence electrons. The van der Waals surface area contributed by atoms with Crippen molar-refractivity contribution in [1.82, 2.24) is 19.9 Å². The van der Waals surface area contributed by atoms with Gasteiger partial charge in [-0.05, 0) is 24.6 Å². The molecule has 1 atom stereocenters. The smallest absolute Gasteiger partial charge is 0.226 e. The van der Waals surface area contributed by atoms with E-state index in [9.17, 15) is 4.39 Å². The molecule has 5 nitrogen and oxygen atoms in total. The fraction of sp³-hybridized carbons (Fsp3) is 0.154. The van der Waals surface area contributed by atoms with Crippen LogP contribution in [0.25, 0.3) is 11.2 Å². The first-order valence-corrected chi connectivity index (χ1v) is 6.40. The summed E-state index contributed by atoms with van der Waals surface area (Å²) in [6, 6.07) is 6.32. The Morgan fingerprint density at radius 3 is 2.90 bits per heavy atom. The van der Waals surface area contributed by atoms with Crippen LogP contribution >= 0.6 is 11.6 Å². The molecule has 0 aliphatic heterocycles. The number of anilines is 1. The quantitative estimate of drug-likeness (QED) is 0.727. The fourth-order valence-electron chi connectivity index (χ4n) is 2.02. The molecule has 1 unspecified atom stereocenters. The zero-order chi connectivity index (χ0) is 14.1. The Hall–Kier alpha value is -2.21. The molecule has 0 amide bonds. The molecule has 0 aliphatic carbocycles. The molecule has 3 aromatic rings. The number of aromatic amines is 1. The van der Waals surface area contributed by atoms with Crippen LogP contribution in [0.2, 0.25) is 5.28 Å². The van der Waals surface area contributed by atoms with E-state index in [2.05, 4.69) is 25.3 Å². The van der Waals surface area contributed by atoms with Crippen LogP contribution < -0.4 is 5.32 Å². The largest absolute Gasteiger partial charge is 0.361 e. The van der Waals surface area contributed by atoms with Gasteiger partial charge in [-0.3, -0.25) is 0 Å². The lowest BCUT2D eigenvalue weighted by atomic mass is 10.1. The van der Waals surface area contributed by atoms with E-state index in [1.165, 1.54) is 12.4 Å². The SMILES string of the molecule is CC(Nc1nc(Cl)nc2nc[nH]c12)c1ccccc1F. The molecule has 2 heterocycles. The normalized spacial score (nSPS) is 12.6. The number of H-pyrrole nitrogens is 1. The number of hydrogen-bond donors (Lipinski definition) is 2. The van der Waals surface area contributed by atoms with Gasteiger partial charge in [0.15, 0.2) is 11.5 Å². The summed E-state index contributed by atoms with van der Waals surface area (Å²) in [4.78, 5) is 15.1. The molecule has 3 rings (SSSR count). The molecular weight excluding hydrogens is 281 g/mol. The summed E-state index contributed by atoms with van der Waals surface area (Å²) in [7, 11) is 0. The van der Waals surface area contributed by atoms with E-state index in [0.29, 0.717) is 22.5 Å². The highest BCUT2D eigenvalue weighted by atomic mass is 35.5. The van der Waals surface area contributed by atoms with Gasteiger partial charge >= 0.3 is 0 Å². The van der Waals surface area contributed by atoms with E-state index in [1.54, 1.807) is 18.2 Å². The van der Waals surface area contributed by atoms with Gasteiger partial charge in [0, 0.05) is 5.56 Å². The number of halogens is 2. The van der Waals surface area contributed by atoms with Crippen LogP contribution in [0, 0.1) is 5.82 Å². The third-order valence-electron chi connectivity index (χ3n) is 2.98. The number of nitrogens with zero attached hydrogens (tertiary/aromatic N) is 3. The summed E-state index contributed by atoms with van der Waals surface area (Å²) in [6.45, 7) is 1.84. The van der Waals surface area contributed by atoms with E-state index < -0.39 is 0 Å². The van der Waals surface area contributed by atoms with Crippen molar-refractivity contribution < 1.29 is 4.39 Å². The second kappa shape index (κ2) is 5.05. The van der Waals surface area contributed by atoms with E-state index in [-0.39, 0.29) is 17.1 Å². The number of fused-ring (bicyclic) bond motifs is 1. The summed E-state index contributed by atoms with van der Waals surface area (Å²) in [5, 5.41) is 3.21. The highest BCUT2D eigenvalue weighted by molar-refractivity contribution is 6.28. The maximum atomic E-state index is 13.8. The molecule has 0 saturated heterocycles. The summed E-state index contributed by atoms with van der Waals surface area (Å²) in [5.74, 6) is 0.224. The van der Waals surface area contributed by atoms with Gasteiger partial charge in [0.1, 0.15) is 11.3 Å². The first-order valence-electron chi connectivity index (χ1n) is 6.02. The van der Waals surface area contributed by atoms with Crippen molar-refractivity contribution in [1.29, 1.82) is 0 Å². The molecule has 2 N–H and O–H groups in total. The average Bonchev–Trinajstić information content (AvgIpc) is 2.87. The van der Waals surface area contributed by atoms with Crippen molar-refractivity contribution in [2.45, 2.75) is 13.0 Å². The lowest BCUT2D eigenvalue weighted by Crippen LogP contribution is -2.10. The molecule has 0 aliphatic rings. The lowest BCUT2D eigenvalue weighted by Gasteiger charge is -2.15. The average molecular weight is 292 g/mol. The van der Waals surface area contributed by atoms with Crippen LogP contribution in [-0.4, -0.2) is 19.9 Å². The highest BCUT2D eigenvalue weighted by Gasteiger charge is 2.14. The van der Waals surface area contributed by atoms with Crippen LogP contribution in [0.4, 0.5) is 10.2 Å². The molecule has 0 saturated carbocycles. The first kappa shape index (κ1) is 12.8. The van der Waals surface area contributed by atoms with Crippen LogP contribution in [0.3, 0.4) is 0 Å². The van der Waals surface area contributed by atoms with E-state index in [4.69, 9.17) is 11.6 Å². The Morgan fingerprint density at radius 2 is 2.10 bits per heavy atom. The maximum absolute atomic E-state index is 13.8. The fourth-order valence-corrected chi connectivity index (χ4v) is 2.18. The molecule has 20 heavy (non-hydrogen) atoms. The van der Waals surface area contributed by atoms with Gasteiger partial charge in [0.25, 0.3) is 0 Å². The number of aromatic nitrogens is 4. The minimum Gasteiger partial charge on any atom is -0.361 e. The molecule has 0 fully saturated rings. The van der Waals surface area contributed by atoms with Crippen LogP contribution in [0.15, 0.2) is 30.6 Å². The Bertz CT molecular complexity index is 757. The Balaban J connectivity index is 1.97. The molecular formula is C13H11ClFN5. The highest BCUT2D eigenvalue weighted by Crippen LogP contribution is 2.25. The predicted molar refractivity (Wildman–Crippen MR) is 75.1 cm³/mol. The van der Waals surface area contributed by atoms with Crippen molar-refractivity contribution in [3.63, 3.8) is 0 Å². The van der Waals surface area contributed by atoms with Crippen LogP contribution in [-0.2, 0) is 0 Å². The molecule has 0 bridgehead atoms. The van der Waals surface area contributed by atoms with E-state index in [0.717, 1.165) is 0 Å². The summed E-state index contributed by atoms with van der Waals surface area (Å²) in [5.41, 5.74) is 1.65. The first-order chi connectivity index (χ1) is 9.65. The van der Waals surface area contributed by atoms with Gasteiger partial charge in [-0.25, -0.2) is 9.37 Å². The molecule has 0 spiro atoms. The van der Waals surface area contributed by atoms with Gasteiger partial charge in [0.2, 0.25) is 5.28 Å². The van der Waals surface area contributed by atoms with Crippen LogP contribution in [0.1, 0.15) is 18.5 Å². The maximum Gasteiger partial charge on any atom is 0.226 e. The van der Waals surface area contributed by atoms with Crippen LogP contribution in [0.5, 0.6) is 0 Å². The summed E-state index contributed by atoms with van der Waals surface area (Å²) < 4.78 is 13.8. The zero-order valence-corrected chi connectivity index (χ0v) is 11.3. The lowest BCUT2D eigenvalue weighted by molar-refractivity contribution is 0.600. The third kappa shape index (κ3) is 2.30. The molecule has 1 aromatic carbocycles. The number of hydrogen-bond acceptors (Lipinski definition) is 4. The predicted octanol–water partition coefficient (Wildman–Crippen LogP) is 3.32. The number of nitrogens with one attached hydrogen (secondary N) is 2. The monoisotopic (exact) mass is 291 g/mol. The Labute approximate surface area is 119 Å². The van der Waals surface area contributed by atoms with Gasteiger partial charge in [0.05, 0.1) is 12.4 Å². The van der Waals surface area contributed by atoms with Crippen molar-refractivity contribution in [3.8, 4) is 0 Å². The minimum atomic E-state index is -0.270.